The predicted octanol–water partition coefficient (Wildman–Crippen LogP) is 3.77. The molecular weight excluding hydrogens is 465 g/mol. The second-order valence-corrected chi connectivity index (χ2v) is 11.1. The van der Waals surface area contributed by atoms with Crippen molar-refractivity contribution in [2.24, 2.45) is 5.92 Å². The van der Waals surface area contributed by atoms with E-state index in [2.05, 4.69) is 0 Å². The number of sulfonamides is 1. The Bertz CT molecular complexity index is 1030. The monoisotopic (exact) mass is 490 g/mol. The molecule has 3 rings (SSSR count). The van der Waals surface area contributed by atoms with Crippen LogP contribution in [0.15, 0.2) is 48.6 Å². The van der Waals surface area contributed by atoms with Crippen molar-refractivity contribution in [1.29, 1.82) is 0 Å². The first-order chi connectivity index (χ1) is 14.8. The fourth-order valence-corrected chi connectivity index (χ4v) is 5.34. The highest BCUT2D eigenvalue weighted by molar-refractivity contribution is 7.88. The number of carbonyl (C=O) groups excluding carboxylic acids is 1. The molecule has 10 heteroatoms. The fourth-order valence-electron chi connectivity index (χ4n) is 4.20. The van der Waals surface area contributed by atoms with Gasteiger partial charge in [0.1, 0.15) is 17.1 Å². The number of nitrogens with zero attached hydrogens (tertiary/aromatic N) is 1. The van der Waals surface area contributed by atoms with Gasteiger partial charge in [-0.1, -0.05) is 62.4 Å². The summed E-state index contributed by atoms with van der Waals surface area (Å²) in [5.74, 6) is -4.74. The van der Waals surface area contributed by atoms with Gasteiger partial charge in [-0.05, 0) is 17.6 Å². The smallest absolute Gasteiger partial charge is 0.283 e. The summed E-state index contributed by atoms with van der Waals surface area (Å²) >= 11 is 6.67. The van der Waals surface area contributed by atoms with Gasteiger partial charge in [0.25, 0.3) is 5.92 Å². The molecule has 0 bridgehead atoms. The van der Waals surface area contributed by atoms with Crippen molar-refractivity contribution in [3.63, 3.8) is 0 Å². The summed E-state index contributed by atoms with van der Waals surface area (Å²) in [6.07, 6.45) is 3.08. The fraction of sp³-hybridized carbons (Fsp3) is 0.500. The van der Waals surface area contributed by atoms with Crippen LogP contribution in [0.3, 0.4) is 0 Å². The Morgan fingerprint density at radius 2 is 1.91 bits per heavy atom. The minimum atomic E-state index is -4.04. The van der Waals surface area contributed by atoms with E-state index >= 15 is 4.39 Å². The van der Waals surface area contributed by atoms with Gasteiger partial charge in [-0.3, -0.25) is 4.79 Å². The Hall–Kier alpha value is -1.84. The van der Waals surface area contributed by atoms with Crippen LogP contribution in [0.1, 0.15) is 25.8 Å². The SMILES string of the molecule is CC(C)C(=O)N1CC(F)(F)[C@H](NS(C)(=O)=O)[C@@H]1CC1(Cl)C=CC=C(c2ccccc2)C1F. The molecule has 0 saturated carbocycles. The Morgan fingerprint density at radius 3 is 2.47 bits per heavy atom. The van der Waals surface area contributed by atoms with Gasteiger partial charge in [0.15, 0.2) is 0 Å². The number of hydrogen-bond acceptors (Lipinski definition) is 3. The number of rotatable bonds is 6. The van der Waals surface area contributed by atoms with Gasteiger partial charge in [0, 0.05) is 5.92 Å². The van der Waals surface area contributed by atoms with E-state index in [0.29, 0.717) is 5.56 Å². The molecular formula is C22H26ClF3N2O3S. The van der Waals surface area contributed by atoms with Crippen LogP contribution < -0.4 is 4.72 Å². The highest BCUT2D eigenvalue weighted by atomic mass is 35.5. The van der Waals surface area contributed by atoms with E-state index in [0.717, 1.165) is 11.2 Å². The van der Waals surface area contributed by atoms with Gasteiger partial charge in [-0.2, -0.15) is 0 Å². The quantitative estimate of drug-likeness (QED) is 0.617. The predicted molar refractivity (Wildman–Crippen MR) is 119 cm³/mol. The van der Waals surface area contributed by atoms with Crippen molar-refractivity contribution in [3.8, 4) is 0 Å². The molecule has 2 aliphatic rings. The third kappa shape index (κ3) is 5.05. The summed E-state index contributed by atoms with van der Waals surface area (Å²) in [6, 6.07) is 5.41. The summed E-state index contributed by atoms with van der Waals surface area (Å²) in [7, 11) is -4.04. The lowest BCUT2D eigenvalue weighted by molar-refractivity contribution is -0.136. The number of hydrogen-bond donors (Lipinski definition) is 1. The van der Waals surface area contributed by atoms with Gasteiger partial charge < -0.3 is 4.90 Å². The third-order valence-electron chi connectivity index (χ3n) is 5.71. The standard InChI is InChI=1S/C22H26ClF3N2O3S/c1-14(2)20(29)28-13-22(25,26)19(27-32(3,30)31)17(28)12-21(23)11-7-10-16(18(21)24)15-8-5-4-6-9-15/h4-11,14,17-19,27H,12-13H2,1-3H3/t17-,18?,19+,21?/m0/s1. The van der Waals surface area contributed by atoms with Crippen molar-refractivity contribution in [2.45, 2.75) is 49.3 Å². The lowest BCUT2D eigenvalue weighted by Gasteiger charge is -2.38. The van der Waals surface area contributed by atoms with Crippen LogP contribution in [0.5, 0.6) is 0 Å². The molecule has 1 saturated heterocycles. The molecule has 1 aliphatic carbocycles. The maximum atomic E-state index is 15.7. The van der Waals surface area contributed by atoms with Gasteiger partial charge in [0.2, 0.25) is 15.9 Å². The number of benzene rings is 1. The number of halogens is 4. The number of allylic oxidation sites excluding steroid dienone is 4. The van der Waals surface area contributed by atoms with Crippen LogP contribution >= 0.6 is 11.6 Å². The van der Waals surface area contributed by atoms with E-state index in [4.69, 9.17) is 11.6 Å². The number of carbonyl (C=O) groups is 1. The Morgan fingerprint density at radius 1 is 1.28 bits per heavy atom. The molecule has 4 atom stereocenters. The molecule has 1 aliphatic heterocycles. The molecule has 1 heterocycles. The van der Waals surface area contributed by atoms with E-state index in [-0.39, 0.29) is 5.57 Å². The highest BCUT2D eigenvalue weighted by Gasteiger charge is 2.59. The topological polar surface area (TPSA) is 66.5 Å². The van der Waals surface area contributed by atoms with E-state index in [1.807, 2.05) is 4.72 Å². The van der Waals surface area contributed by atoms with Crippen LogP contribution in [-0.4, -0.2) is 61.1 Å². The lowest BCUT2D eigenvalue weighted by atomic mass is 9.82. The van der Waals surface area contributed by atoms with Gasteiger partial charge in [0.05, 0.1) is 18.8 Å². The summed E-state index contributed by atoms with van der Waals surface area (Å²) in [5.41, 5.74) is 0.870. The van der Waals surface area contributed by atoms with Crippen LogP contribution in [0.25, 0.3) is 5.57 Å². The van der Waals surface area contributed by atoms with Crippen molar-refractivity contribution < 1.29 is 26.4 Å². The first-order valence-electron chi connectivity index (χ1n) is 10.2. The van der Waals surface area contributed by atoms with E-state index in [9.17, 15) is 22.0 Å². The molecule has 2 unspecified atom stereocenters. The largest absolute Gasteiger partial charge is 0.331 e. The second-order valence-electron chi connectivity index (χ2n) is 8.66. The van der Waals surface area contributed by atoms with Crippen molar-refractivity contribution in [2.75, 3.05) is 12.8 Å². The maximum Gasteiger partial charge on any atom is 0.283 e. The average molecular weight is 491 g/mol. The summed E-state index contributed by atoms with van der Waals surface area (Å²) in [6.45, 7) is 2.14. The molecule has 0 radical (unpaired) electrons. The normalized spacial score (nSPS) is 29.9. The minimum absolute atomic E-state index is 0.280. The van der Waals surface area contributed by atoms with E-state index in [1.54, 1.807) is 56.3 Å². The van der Waals surface area contributed by atoms with Gasteiger partial charge in [-0.15, -0.1) is 11.6 Å². The zero-order valence-corrected chi connectivity index (χ0v) is 19.5. The Labute approximate surface area is 191 Å². The average Bonchev–Trinajstić information content (AvgIpc) is 2.93. The first-order valence-corrected chi connectivity index (χ1v) is 12.5. The minimum Gasteiger partial charge on any atom is -0.331 e. The molecule has 1 N–H and O–H groups in total. The van der Waals surface area contributed by atoms with Crippen molar-refractivity contribution in [1.82, 2.24) is 9.62 Å². The highest BCUT2D eigenvalue weighted by Crippen LogP contribution is 2.45. The second kappa shape index (κ2) is 8.83. The summed E-state index contributed by atoms with van der Waals surface area (Å²) in [4.78, 5) is 11.9. The number of amides is 1. The lowest BCUT2D eigenvalue weighted by Crippen LogP contribution is -2.54. The van der Waals surface area contributed by atoms with Crippen molar-refractivity contribution in [3.05, 3.63) is 54.1 Å². The van der Waals surface area contributed by atoms with E-state index in [1.165, 1.54) is 6.08 Å². The molecule has 0 spiro atoms. The summed E-state index contributed by atoms with van der Waals surface area (Å²) < 4.78 is 71.1. The molecule has 1 fully saturated rings. The Kier molecular flexibility index (Phi) is 6.85. The van der Waals surface area contributed by atoms with Crippen LogP contribution in [0.4, 0.5) is 13.2 Å². The summed E-state index contributed by atoms with van der Waals surface area (Å²) in [5, 5.41) is 0. The van der Waals surface area contributed by atoms with Crippen LogP contribution in [0.2, 0.25) is 0 Å². The molecule has 5 nitrogen and oxygen atoms in total. The van der Waals surface area contributed by atoms with E-state index < -0.39 is 63.9 Å². The zero-order valence-electron chi connectivity index (χ0n) is 17.9. The van der Waals surface area contributed by atoms with Gasteiger partial charge >= 0.3 is 0 Å². The number of nitrogens with one attached hydrogen (secondary N) is 1. The Balaban J connectivity index is 1.98. The first kappa shape index (κ1) is 24.8. The maximum absolute atomic E-state index is 15.7. The van der Waals surface area contributed by atoms with Crippen LogP contribution in [-0.2, 0) is 14.8 Å². The van der Waals surface area contributed by atoms with Crippen LogP contribution in [0, 0.1) is 5.92 Å². The number of likely N-dealkylation sites (tertiary alicyclic amines) is 1. The molecule has 32 heavy (non-hydrogen) atoms. The molecule has 176 valence electrons. The molecule has 1 amide bonds. The molecule has 1 aromatic rings. The molecule has 0 aromatic heterocycles. The zero-order chi connectivity index (χ0) is 23.9. The van der Waals surface area contributed by atoms with Gasteiger partial charge in [-0.25, -0.2) is 26.3 Å². The number of alkyl halides is 4. The van der Waals surface area contributed by atoms with Crippen molar-refractivity contribution >= 4 is 33.1 Å². The third-order valence-corrected chi connectivity index (χ3v) is 6.87. The molecule has 1 aromatic carbocycles.